The normalized spacial score (nSPS) is 36.6. The molecule has 0 aromatic heterocycles. The number of carbonyl (C=O) groups excluding carboxylic acids is 3. The Morgan fingerprint density at radius 1 is 1.20 bits per heavy atom. The van der Waals surface area contributed by atoms with Gasteiger partial charge in [-0.15, -0.1) is 0 Å². The molecule has 0 saturated heterocycles. The second-order valence-electron chi connectivity index (χ2n) is 8.30. The van der Waals surface area contributed by atoms with Crippen LogP contribution < -0.4 is 10.6 Å². The summed E-state index contributed by atoms with van der Waals surface area (Å²) in [4.78, 5) is 36.2. The maximum absolute atomic E-state index is 12.7. The van der Waals surface area contributed by atoms with Gasteiger partial charge in [0.1, 0.15) is 0 Å². The zero-order valence-electron chi connectivity index (χ0n) is 14.9. The second kappa shape index (κ2) is 6.89. The Labute approximate surface area is 156 Å². The van der Waals surface area contributed by atoms with Gasteiger partial charge < -0.3 is 10.1 Å². The highest BCUT2D eigenvalue weighted by molar-refractivity contribution is 9.10. The van der Waals surface area contributed by atoms with E-state index in [2.05, 4.69) is 26.6 Å². The highest BCUT2D eigenvalue weighted by atomic mass is 79.9. The van der Waals surface area contributed by atoms with E-state index < -0.39 is 24.0 Å². The number of ether oxygens (including phenoxy) is 1. The summed E-state index contributed by atoms with van der Waals surface area (Å²) >= 11 is 3.86. The molecule has 4 aliphatic carbocycles. The number of hydrogen-bond donors (Lipinski definition) is 2. The molecule has 7 heteroatoms. The number of urea groups is 1. The molecule has 0 aromatic rings. The number of carbonyl (C=O) groups is 3. The SMILES string of the molecule is CC[C@@H](C)NC(=O)NC(=O)COC(=O)C12C[C@@H]3C[C@@H](CC(Br)(C3)C1)C2. The highest BCUT2D eigenvalue weighted by Crippen LogP contribution is 2.64. The van der Waals surface area contributed by atoms with Crippen molar-refractivity contribution in [3.63, 3.8) is 0 Å². The molecule has 3 amide bonds. The van der Waals surface area contributed by atoms with Crippen molar-refractivity contribution >= 4 is 33.8 Å². The van der Waals surface area contributed by atoms with Crippen LogP contribution in [-0.2, 0) is 14.3 Å². The lowest BCUT2D eigenvalue weighted by atomic mass is 9.49. The van der Waals surface area contributed by atoms with E-state index in [9.17, 15) is 14.4 Å². The van der Waals surface area contributed by atoms with E-state index in [1.165, 1.54) is 6.42 Å². The molecule has 2 N–H and O–H groups in total. The molecule has 4 aliphatic rings. The van der Waals surface area contributed by atoms with Gasteiger partial charge in [-0.3, -0.25) is 14.9 Å². The van der Waals surface area contributed by atoms with Crippen LogP contribution in [0.2, 0.25) is 0 Å². The Morgan fingerprint density at radius 3 is 2.40 bits per heavy atom. The smallest absolute Gasteiger partial charge is 0.321 e. The summed E-state index contributed by atoms with van der Waals surface area (Å²) in [6, 6.07) is -0.567. The van der Waals surface area contributed by atoms with Crippen molar-refractivity contribution in [2.24, 2.45) is 17.3 Å². The monoisotopic (exact) mass is 414 g/mol. The molecular weight excluding hydrogens is 388 g/mol. The molecular formula is C18H27BrN2O4. The first-order valence-corrected chi connectivity index (χ1v) is 9.99. The molecule has 0 aliphatic heterocycles. The van der Waals surface area contributed by atoms with E-state index >= 15 is 0 Å². The first-order valence-electron chi connectivity index (χ1n) is 9.20. The first-order chi connectivity index (χ1) is 11.7. The first kappa shape index (κ1) is 18.7. The predicted octanol–water partition coefficient (Wildman–Crippen LogP) is 2.89. The van der Waals surface area contributed by atoms with Crippen molar-refractivity contribution in [3.8, 4) is 0 Å². The molecule has 4 bridgehead atoms. The maximum Gasteiger partial charge on any atom is 0.321 e. The summed E-state index contributed by atoms with van der Waals surface area (Å²) < 4.78 is 5.38. The van der Waals surface area contributed by atoms with Crippen molar-refractivity contribution in [3.05, 3.63) is 0 Å². The molecule has 0 aromatic carbocycles. The van der Waals surface area contributed by atoms with Gasteiger partial charge in [0, 0.05) is 10.4 Å². The van der Waals surface area contributed by atoms with Crippen LogP contribution in [0.1, 0.15) is 58.8 Å². The average Bonchev–Trinajstić information content (AvgIpc) is 2.49. The Bertz CT molecular complexity index is 565. The predicted molar refractivity (Wildman–Crippen MR) is 96.2 cm³/mol. The topological polar surface area (TPSA) is 84.5 Å². The molecule has 5 atom stereocenters. The number of alkyl halides is 1. The standard InChI is InChI=1S/C18H27BrN2O4/c1-3-11(2)20-16(24)21-14(22)9-25-15(23)17-5-12-4-13(6-17)8-18(19,7-12)10-17/h11-13H,3-10H2,1-2H3,(H2,20,21,22,24)/t11-,12-,13+,17?,18?/m1/s1. The van der Waals surface area contributed by atoms with Crippen LogP contribution in [0.5, 0.6) is 0 Å². The molecule has 4 rings (SSSR count). The minimum absolute atomic E-state index is 0.0162. The van der Waals surface area contributed by atoms with E-state index in [0.717, 1.165) is 38.5 Å². The number of amides is 3. The van der Waals surface area contributed by atoms with E-state index in [1.54, 1.807) is 0 Å². The third-order valence-corrected chi connectivity index (χ3v) is 6.93. The van der Waals surface area contributed by atoms with Crippen LogP contribution in [0, 0.1) is 17.3 Å². The number of rotatable bonds is 5. The van der Waals surface area contributed by atoms with Crippen molar-refractivity contribution < 1.29 is 19.1 Å². The van der Waals surface area contributed by atoms with Crippen LogP contribution >= 0.6 is 15.9 Å². The number of imide groups is 1. The zero-order valence-corrected chi connectivity index (χ0v) is 16.5. The lowest BCUT2D eigenvalue weighted by Crippen LogP contribution is -2.56. The Balaban J connectivity index is 1.51. The summed E-state index contributed by atoms with van der Waals surface area (Å²) in [5.41, 5.74) is -0.452. The molecule has 25 heavy (non-hydrogen) atoms. The number of esters is 1. The zero-order chi connectivity index (χ0) is 18.2. The Hall–Kier alpha value is -1.11. The molecule has 4 fully saturated rings. The van der Waals surface area contributed by atoms with E-state index in [1.807, 2.05) is 13.8 Å². The van der Waals surface area contributed by atoms with Gasteiger partial charge >= 0.3 is 12.0 Å². The van der Waals surface area contributed by atoms with Crippen LogP contribution in [0.4, 0.5) is 4.79 Å². The summed E-state index contributed by atoms with van der Waals surface area (Å²) in [6.45, 7) is 3.39. The van der Waals surface area contributed by atoms with Gasteiger partial charge in [0.2, 0.25) is 0 Å². The average molecular weight is 415 g/mol. The summed E-state index contributed by atoms with van der Waals surface area (Å²) in [5, 5.41) is 4.85. The van der Waals surface area contributed by atoms with E-state index in [4.69, 9.17) is 4.74 Å². The fourth-order valence-corrected chi connectivity index (χ4v) is 6.65. The third kappa shape index (κ3) is 4.01. The largest absolute Gasteiger partial charge is 0.455 e. The molecule has 140 valence electrons. The lowest BCUT2D eigenvalue weighted by Gasteiger charge is -2.58. The molecule has 0 heterocycles. The second-order valence-corrected chi connectivity index (χ2v) is 9.98. The summed E-state index contributed by atoms with van der Waals surface area (Å²) in [7, 11) is 0. The van der Waals surface area contributed by atoms with Crippen LogP contribution in [0.25, 0.3) is 0 Å². The van der Waals surface area contributed by atoms with Gasteiger partial charge in [-0.25, -0.2) is 4.79 Å². The van der Waals surface area contributed by atoms with Crippen molar-refractivity contribution in [1.29, 1.82) is 0 Å². The molecule has 4 saturated carbocycles. The lowest BCUT2D eigenvalue weighted by molar-refractivity contribution is -0.171. The van der Waals surface area contributed by atoms with Gasteiger partial charge in [-0.2, -0.15) is 0 Å². The fourth-order valence-electron chi connectivity index (χ4n) is 5.20. The van der Waals surface area contributed by atoms with Crippen molar-refractivity contribution in [2.75, 3.05) is 6.61 Å². The van der Waals surface area contributed by atoms with E-state index in [0.29, 0.717) is 11.8 Å². The van der Waals surface area contributed by atoms with Gasteiger partial charge in [-0.05, 0) is 63.7 Å². The van der Waals surface area contributed by atoms with Gasteiger partial charge in [0.05, 0.1) is 5.41 Å². The number of nitrogens with one attached hydrogen (secondary N) is 2. The summed E-state index contributed by atoms with van der Waals surface area (Å²) in [5.74, 6) is 0.280. The molecule has 0 radical (unpaired) electrons. The van der Waals surface area contributed by atoms with Gasteiger partial charge in [0.25, 0.3) is 5.91 Å². The van der Waals surface area contributed by atoms with Gasteiger partial charge in [0.15, 0.2) is 6.61 Å². The Kier molecular flexibility index (Phi) is 5.15. The van der Waals surface area contributed by atoms with Crippen LogP contribution in [0.3, 0.4) is 0 Å². The highest BCUT2D eigenvalue weighted by Gasteiger charge is 2.60. The van der Waals surface area contributed by atoms with Crippen molar-refractivity contribution in [1.82, 2.24) is 10.6 Å². The molecule has 6 nitrogen and oxygen atoms in total. The molecule has 0 spiro atoms. The number of hydrogen-bond acceptors (Lipinski definition) is 4. The third-order valence-electron chi connectivity index (χ3n) is 6.00. The molecule has 2 unspecified atom stereocenters. The maximum atomic E-state index is 12.7. The van der Waals surface area contributed by atoms with Gasteiger partial charge in [-0.1, -0.05) is 22.9 Å². The summed E-state index contributed by atoms with van der Waals surface area (Å²) in [6.07, 6.45) is 6.78. The van der Waals surface area contributed by atoms with Crippen molar-refractivity contribution in [2.45, 2.75) is 69.2 Å². The fraction of sp³-hybridized carbons (Fsp3) is 0.833. The minimum atomic E-state index is -0.590. The Morgan fingerprint density at radius 2 is 1.84 bits per heavy atom. The van der Waals surface area contributed by atoms with Crippen LogP contribution in [0.15, 0.2) is 0 Å². The number of halogens is 1. The quantitative estimate of drug-likeness (QED) is 0.534. The van der Waals surface area contributed by atoms with Crippen LogP contribution in [-0.4, -0.2) is 34.9 Å². The van der Waals surface area contributed by atoms with E-state index in [-0.39, 0.29) is 16.3 Å². The minimum Gasteiger partial charge on any atom is -0.455 e.